The van der Waals surface area contributed by atoms with E-state index in [1.807, 2.05) is 31.2 Å². The first kappa shape index (κ1) is 12.2. The fourth-order valence-electron chi connectivity index (χ4n) is 1.57. The lowest BCUT2D eigenvalue weighted by atomic mass is 10.2. The maximum absolute atomic E-state index is 8.78. The Morgan fingerprint density at radius 2 is 1.44 bits per heavy atom. The second kappa shape index (κ2) is 5.39. The van der Waals surface area contributed by atoms with Crippen molar-refractivity contribution in [3.8, 4) is 11.5 Å². The van der Waals surface area contributed by atoms with Gasteiger partial charge < -0.3 is 15.1 Å². The van der Waals surface area contributed by atoms with Crippen LogP contribution < -0.4 is 15.1 Å². The summed E-state index contributed by atoms with van der Waals surface area (Å²) in [5, 5.41) is 20.6. The second-order valence-electron chi connectivity index (χ2n) is 3.80. The largest absolute Gasteiger partial charge is 0.349 e. The van der Waals surface area contributed by atoms with E-state index in [1.165, 1.54) is 0 Å². The molecule has 0 aromatic heterocycles. The van der Waals surface area contributed by atoms with Gasteiger partial charge in [0.05, 0.1) is 0 Å². The molecule has 5 heteroatoms. The highest BCUT2D eigenvalue weighted by Gasteiger charge is 2.11. The van der Waals surface area contributed by atoms with Crippen molar-refractivity contribution in [2.24, 2.45) is 0 Å². The molecule has 0 saturated carbocycles. The normalized spacial score (nSPS) is 9.94. The lowest BCUT2D eigenvalue weighted by Crippen LogP contribution is -1.98. The highest BCUT2D eigenvalue weighted by atomic mass is 17.1. The van der Waals surface area contributed by atoms with E-state index in [9.17, 15) is 0 Å². The Hall–Kier alpha value is -2.24. The van der Waals surface area contributed by atoms with Crippen LogP contribution in [0.4, 0.5) is 11.4 Å². The van der Waals surface area contributed by atoms with E-state index in [-0.39, 0.29) is 11.5 Å². The number of nitrogens with one attached hydrogen (secondary N) is 1. The number of benzene rings is 2. The molecule has 0 aliphatic carbocycles. The molecule has 0 radical (unpaired) electrons. The molecule has 0 heterocycles. The van der Waals surface area contributed by atoms with E-state index in [2.05, 4.69) is 15.1 Å². The van der Waals surface area contributed by atoms with Crippen LogP contribution in [0.15, 0.2) is 42.5 Å². The molecule has 2 aromatic carbocycles. The standard InChI is InChI=1S/C13H13NO4/c1-9-5-7-10(8-6-9)14-13-11(17-15)3-2-4-12(13)18-16/h2-8,14-16H,1H3. The van der Waals surface area contributed by atoms with E-state index in [1.54, 1.807) is 18.2 Å². The minimum Gasteiger partial charge on any atom is -0.349 e. The molecule has 0 bridgehead atoms. The Kier molecular flexibility index (Phi) is 3.66. The molecule has 94 valence electrons. The summed E-state index contributed by atoms with van der Waals surface area (Å²) in [6.45, 7) is 1.98. The topological polar surface area (TPSA) is 71.0 Å². The van der Waals surface area contributed by atoms with E-state index in [0.717, 1.165) is 11.3 Å². The summed E-state index contributed by atoms with van der Waals surface area (Å²) in [6, 6.07) is 12.3. The summed E-state index contributed by atoms with van der Waals surface area (Å²) in [5.41, 5.74) is 2.25. The van der Waals surface area contributed by atoms with Crippen LogP contribution >= 0.6 is 0 Å². The molecular formula is C13H13NO4. The van der Waals surface area contributed by atoms with E-state index in [4.69, 9.17) is 10.5 Å². The van der Waals surface area contributed by atoms with Gasteiger partial charge in [0, 0.05) is 5.69 Å². The predicted octanol–water partition coefficient (Wildman–Crippen LogP) is 3.44. The van der Waals surface area contributed by atoms with Crippen molar-refractivity contribution in [2.75, 3.05) is 5.32 Å². The van der Waals surface area contributed by atoms with Gasteiger partial charge in [-0.3, -0.25) is 0 Å². The first-order valence-corrected chi connectivity index (χ1v) is 5.34. The molecule has 2 aromatic rings. The summed E-state index contributed by atoms with van der Waals surface area (Å²) >= 11 is 0. The van der Waals surface area contributed by atoms with Crippen molar-refractivity contribution >= 4 is 11.4 Å². The minimum atomic E-state index is 0.155. The molecule has 18 heavy (non-hydrogen) atoms. The van der Waals surface area contributed by atoms with Crippen molar-refractivity contribution in [3.05, 3.63) is 48.0 Å². The molecule has 0 unspecified atom stereocenters. The zero-order chi connectivity index (χ0) is 13.0. The Balaban J connectivity index is 2.35. The van der Waals surface area contributed by atoms with Crippen LogP contribution in [0.5, 0.6) is 11.5 Å². The number of para-hydroxylation sites is 1. The van der Waals surface area contributed by atoms with Gasteiger partial charge >= 0.3 is 0 Å². The third kappa shape index (κ3) is 2.53. The van der Waals surface area contributed by atoms with Gasteiger partial charge in [-0.2, -0.15) is 0 Å². The molecular weight excluding hydrogens is 234 g/mol. The second-order valence-corrected chi connectivity index (χ2v) is 3.80. The van der Waals surface area contributed by atoms with Crippen LogP contribution in [0.3, 0.4) is 0 Å². The number of anilines is 2. The van der Waals surface area contributed by atoms with Gasteiger partial charge in [-0.05, 0) is 31.2 Å². The summed E-state index contributed by atoms with van der Waals surface area (Å²) < 4.78 is 0. The van der Waals surface area contributed by atoms with Gasteiger partial charge in [-0.1, -0.05) is 23.8 Å². The first-order valence-electron chi connectivity index (χ1n) is 5.34. The molecule has 0 saturated heterocycles. The lowest BCUT2D eigenvalue weighted by molar-refractivity contribution is -0.143. The molecule has 0 atom stereocenters. The fourth-order valence-corrected chi connectivity index (χ4v) is 1.57. The number of hydrogen-bond acceptors (Lipinski definition) is 5. The third-order valence-corrected chi connectivity index (χ3v) is 2.51. The highest BCUT2D eigenvalue weighted by molar-refractivity contribution is 5.72. The molecule has 0 aliphatic heterocycles. The maximum atomic E-state index is 8.78. The third-order valence-electron chi connectivity index (χ3n) is 2.51. The van der Waals surface area contributed by atoms with E-state index in [0.29, 0.717) is 5.69 Å². The fraction of sp³-hybridized carbons (Fsp3) is 0.0769. The van der Waals surface area contributed by atoms with Crippen LogP contribution in [0, 0.1) is 6.92 Å². The lowest BCUT2D eigenvalue weighted by Gasteiger charge is -2.12. The SMILES string of the molecule is Cc1ccc(Nc2c(OO)cccc2OO)cc1. The highest BCUT2D eigenvalue weighted by Crippen LogP contribution is 2.36. The molecule has 0 spiro atoms. The maximum Gasteiger partial charge on any atom is 0.192 e. The minimum absolute atomic E-state index is 0.155. The van der Waals surface area contributed by atoms with Gasteiger partial charge in [-0.15, -0.1) is 0 Å². The van der Waals surface area contributed by atoms with Crippen LogP contribution in [0.25, 0.3) is 0 Å². The van der Waals surface area contributed by atoms with Crippen molar-refractivity contribution in [2.45, 2.75) is 6.92 Å². The average molecular weight is 247 g/mol. The Labute approximate surface area is 104 Å². The van der Waals surface area contributed by atoms with Crippen LogP contribution in [0.2, 0.25) is 0 Å². The zero-order valence-electron chi connectivity index (χ0n) is 9.75. The average Bonchev–Trinajstić information content (AvgIpc) is 2.41. The van der Waals surface area contributed by atoms with Gasteiger partial charge in [-0.25, -0.2) is 10.5 Å². The van der Waals surface area contributed by atoms with Crippen LogP contribution in [-0.4, -0.2) is 10.5 Å². The molecule has 3 N–H and O–H groups in total. The Bertz CT molecular complexity index is 503. The Morgan fingerprint density at radius 3 is 1.94 bits per heavy atom. The number of hydrogen-bond donors (Lipinski definition) is 3. The quantitative estimate of drug-likeness (QED) is 0.570. The van der Waals surface area contributed by atoms with Gasteiger partial charge in [0.15, 0.2) is 11.5 Å². The van der Waals surface area contributed by atoms with Crippen LogP contribution in [0.1, 0.15) is 5.56 Å². The molecule has 0 fully saturated rings. The van der Waals surface area contributed by atoms with Gasteiger partial charge in [0.25, 0.3) is 0 Å². The number of rotatable bonds is 4. The monoisotopic (exact) mass is 247 g/mol. The smallest absolute Gasteiger partial charge is 0.192 e. The number of aryl methyl sites for hydroxylation is 1. The van der Waals surface area contributed by atoms with Crippen molar-refractivity contribution in [3.63, 3.8) is 0 Å². The Morgan fingerprint density at radius 1 is 0.889 bits per heavy atom. The van der Waals surface area contributed by atoms with Gasteiger partial charge in [0.2, 0.25) is 0 Å². The summed E-state index contributed by atoms with van der Waals surface area (Å²) in [4.78, 5) is 8.46. The van der Waals surface area contributed by atoms with Crippen molar-refractivity contribution in [1.29, 1.82) is 0 Å². The van der Waals surface area contributed by atoms with E-state index < -0.39 is 0 Å². The van der Waals surface area contributed by atoms with Gasteiger partial charge in [0.1, 0.15) is 5.69 Å². The summed E-state index contributed by atoms with van der Waals surface area (Å²) in [5.74, 6) is 0.309. The summed E-state index contributed by atoms with van der Waals surface area (Å²) in [7, 11) is 0. The molecule has 5 nitrogen and oxygen atoms in total. The molecule has 2 rings (SSSR count). The van der Waals surface area contributed by atoms with Crippen molar-refractivity contribution in [1.82, 2.24) is 0 Å². The first-order chi connectivity index (χ1) is 8.74. The predicted molar refractivity (Wildman–Crippen MR) is 67.4 cm³/mol. The van der Waals surface area contributed by atoms with Crippen molar-refractivity contribution < 1.29 is 20.3 Å². The van der Waals surface area contributed by atoms with Crippen LogP contribution in [-0.2, 0) is 0 Å². The summed E-state index contributed by atoms with van der Waals surface area (Å²) in [6.07, 6.45) is 0. The van der Waals surface area contributed by atoms with E-state index >= 15 is 0 Å². The molecule has 0 aliphatic rings. The molecule has 0 amide bonds. The zero-order valence-corrected chi connectivity index (χ0v) is 9.75.